The van der Waals surface area contributed by atoms with Gasteiger partial charge in [0, 0.05) is 6.04 Å². The molecule has 0 saturated carbocycles. The van der Waals surface area contributed by atoms with Crippen LogP contribution in [0.3, 0.4) is 0 Å². The number of rotatable bonds is 5. The smallest absolute Gasteiger partial charge is 0.0948 e. The summed E-state index contributed by atoms with van der Waals surface area (Å²) in [4.78, 5) is 2.33. The minimum Gasteiger partial charge on any atom is -0.387 e. The number of hydrogen-bond acceptors (Lipinski definition) is 2. The van der Waals surface area contributed by atoms with Crippen LogP contribution in [0.4, 0.5) is 0 Å². The largest absolute Gasteiger partial charge is 0.387 e. The van der Waals surface area contributed by atoms with Gasteiger partial charge < -0.3 is 5.11 Å². The second kappa shape index (κ2) is 8.33. The van der Waals surface area contributed by atoms with Gasteiger partial charge in [-0.1, -0.05) is 44.2 Å². The lowest BCUT2D eigenvalue weighted by molar-refractivity contribution is 0.0647. The van der Waals surface area contributed by atoms with E-state index in [0.29, 0.717) is 0 Å². The first-order valence-electron chi connectivity index (χ1n) is 9.12. The van der Waals surface area contributed by atoms with Crippen molar-refractivity contribution in [2.24, 2.45) is 0 Å². The van der Waals surface area contributed by atoms with E-state index in [-0.39, 0.29) is 18.4 Å². The lowest BCUT2D eigenvalue weighted by Crippen LogP contribution is -2.37. The van der Waals surface area contributed by atoms with E-state index >= 15 is 0 Å². The fraction of sp³-hybridized carbons (Fsp3) is 0.524. The van der Waals surface area contributed by atoms with Crippen LogP contribution in [0.15, 0.2) is 30.3 Å². The van der Waals surface area contributed by atoms with Gasteiger partial charge in [-0.15, -0.1) is 12.4 Å². The van der Waals surface area contributed by atoms with Crippen LogP contribution in [0, 0.1) is 0 Å². The third kappa shape index (κ3) is 3.46. The predicted molar refractivity (Wildman–Crippen MR) is 105 cm³/mol. The van der Waals surface area contributed by atoms with Crippen LogP contribution in [-0.2, 0) is 12.8 Å². The Balaban J connectivity index is 0.00000208. The Bertz CT molecular complexity index is 681. The molecule has 1 N–H and O–H groups in total. The van der Waals surface area contributed by atoms with E-state index in [1.54, 1.807) is 0 Å². The summed E-state index contributed by atoms with van der Waals surface area (Å²) in [6, 6.07) is 11.1. The summed E-state index contributed by atoms with van der Waals surface area (Å²) in [5.74, 6) is 0. The Hall–Kier alpha value is -1.09. The Morgan fingerprint density at radius 2 is 1.67 bits per heavy atom. The normalized spacial score (nSPS) is 16.5. The van der Waals surface area contributed by atoms with Gasteiger partial charge in [0.05, 0.1) is 6.10 Å². The molecule has 0 heterocycles. The van der Waals surface area contributed by atoms with Crippen molar-refractivity contribution in [1.82, 2.24) is 4.90 Å². The molecule has 0 bridgehead atoms. The molecular formula is C21H30ClNO. The first-order valence-corrected chi connectivity index (χ1v) is 9.12. The Kier molecular flexibility index (Phi) is 6.68. The number of halogens is 1. The molecule has 1 aliphatic rings. The maximum Gasteiger partial charge on any atom is 0.0948 e. The molecule has 0 fully saturated rings. The molecule has 2 unspecified atom stereocenters. The van der Waals surface area contributed by atoms with Crippen LogP contribution in [0.5, 0.6) is 0 Å². The molecule has 2 nitrogen and oxygen atoms in total. The van der Waals surface area contributed by atoms with Crippen molar-refractivity contribution in [3.8, 4) is 0 Å². The second-order valence-corrected chi connectivity index (χ2v) is 6.76. The van der Waals surface area contributed by atoms with Gasteiger partial charge in [0.25, 0.3) is 0 Å². The number of aryl methyl sites for hydroxylation is 2. The average Bonchev–Trinajstić information content (AvgIpc) is 2.61. The van der Waals surface area contributed by atoms with Gasteiger partial charge in [-0.25, -0.2) is 0 Å². The molecule has 1 aliphatic carbocycles. The number of nitrogens with zero attached hydrogens (tertiary/aromatic N) is 1. The highest BCUT2D eigenvalue weighted by atomic mass is 35.5. The van der Waals surface area contributed by atoms with Crippen LogP contribution in [0.1, 0.15) is 56.4 Å². The Morgan fingerprint density at radius 1 is 1.04 bits per heavy atom. The summed E-state index contributed by atoms with van der Waals surface area (Å²) in [6.45, 7) is 8.41. The zero-order valence-electron chi connectivity index (χ0n) is 15.1. The number of aliphatic hydroxyl groups is 1. The van der Waals surface area contributed by atoms with Crippen LogP contribution >= 0.6 is 12.4 Å². The topological polar surface area (TPSA) is 23.5 Å². The summed E-state index contributed by atoms with van der Waals surface area (Å²) in [5.41, 5.74) is 4.08. The van der Waals surface area contributed by atoms with Crippen LogP contribution in [-0.4, -0.2) is 29.1 Å². The minimum absolute atomic E-state index is 0. The van der Waals surface area contributed by atoms with E-state index in [4.69, 9.17) is 0 Å². The molecule has 2 atom stereocenters. The van der Waals surface area contributed by atoms with E-state index < -0.39 is 6.10 Å². The van der Waals surface area contributed by atoms with E-state index in [9.17, 15) is 5.11 Å². The van der Waals surface area contributed by atoms with E-state index in [2.05, 4.69) is 56.0 Å². The highest BCUT2D eigenvalue weighted by molar-refractivity contribution is 5.90. The molecule has 0 spiro atoms. The van der Waals surface area contributed by atoms with Gasteiger partial charge in [-0.05, 0) is 73.2 Å². The highest BCUT2D eigenvalue weighted by Gasteiger charge is 2.25. The van der Waals surface area contributed by atoms with Gasteiger partial charge in [0.15, 0.2) is 0 Å². The quantitative estimate of drug-likeness (QED) is 0.831. The van der Waals surface area contributed by atoms with E-state index in [1.165, 1.54) is 41.2 Å². The summed E-state index contributed by atoms with van der Waals surface area (Å²) in [6.07, 6.45) is 4.45. The average molecular weight is 348 g/mol. The molecule has 24 heavy (non-hydrogen) atoms. The number of benzene rings is 2. The molecule has 0 aromatic heterocycles. The maximum absolute atomic E-state index is 11.1. The summed E-state index contributed by atoms with van der Waals surface area (Å²) in [5, 5.41) is 13.7. The second-order valence-electron chi connectivity index (χ2n) is 6.76. The lowest BCUT2D eigenvalue weighted by atomic mass is 9.83. The number of aliphatic hydroxyl groups excluding tert-OH is 1. The molecule has 3 rings (SSSR count). The molecule has 2 aromatic carbocycles. The van der Waals surface area contributed by atoms with Crippen molar-refractivity contribution in [2.75, 3.05) is 13.1 Å². The van der Waals surface area contributed by atoms with Crippen LogP contribution in [0.25, 0.3) is 10.8 Å². The summed E-state index contributed by atoms with van der Waals surface area (Å²) < 4.78 is 0. The fourth-order valence-corrected chi connectivity index (χ4v) is 4.16. The first kappa shape index (κ1) is 19.2. The summed E-state index contributed by atoms with van der Waals surface area (Å²) in [7, 11) is 0. The third-order valence-electron chi connectivity index (χ3n) is 5.57. The SMILES string of the molecule is CCN(CC)C(C)C(O)c1cc2c(c3ccccc13)CCCC2.Cl. The molecule has 0 radical (unpaired) electrons. The van der Waals surface area contributed by atoms with Gasteiger partial charge in [-0.2, -0.15) is 0 Å². The van der Waals surface area contributed by atoms with E-state index in [0.717, 1.165) is 25.1 Å². The molecule has 3 heteroatoms. The van der Waals surface area contributed by atoms with Crippen LogP contribution < -0.4 is 0 Å². The molecule has 0 saturated heterocycles. The van der Waals surface area contributed by atoms with Crippen molar-refractivity contribution in [1.29, 1.82) is 0 Å². The van der Waals surface area contributed by atoms with Crippen molar-refractivity contribution in [2.45, 2.75) is 58.6 Å². The molecular weight excluding hydrogens is 318 g/mol. The van der Waals surface area contributed by atoms with Crippen molar-refractivity contribution in [3.05, 3.63) is 47.0 Å². The number of fused-ring (bicyclic) bond motifs is 3. The Morgan fingerprint density at radius 3 is 2.33 bits per heavy atom. The first-order chi connectivity index (χ1) is 11.2. The minimum atomic E-state index is -0.438. The number of likely N-dealkylation sites (N-methyl/N-ethyl adjacent to an activating group) is 1. The molecule has 132 valence electrons. The highest BCUT2D eigenvalue weighted by Crippen LogP contribution is 2.35. The maximum atomic E-state index is 11.1. The third-order valence-corrected chi connectivity index (χ3v) is 5.57. The van der Waals surface area contributed by atoms with Crippen molar-refractivity contribution in [3.63, 3.8) is 0 Å². The van der Waals surface area contributed by atoms with Crippen molar-refractivity contribution < 1.29 is 5.11 Å². The van der Waals surface area contributed by atoms with Crippen molar-refractivity contribution >= 4 is 23.2 Å². The van der Waals surface area contributed by atoms with Gasteiger partial charge in [-0.3, -0.25) is 4.90 Å². The van der Waals surface area contributed by atoms with Gasteiger partial charge in [0.2, 0.25) is 0 Å². The van der Waals surface area contributed by atoms with Crippen LogP contribution in [0.2, 0.25) is 0 Å². The molecule has 0 aliphatic heterocycles. The molecule has 2 aromatic rings. The fourth-order valence-electron chi connectivity index (χ4n) is 4.16. The summed E-state index contributed by atoms with van der Waals surface area (Å²) >= 11 is 0. The number of hydrogen-bond donors (Lipinski definition) is 1. The van der Waals surface area contributed by atoms with Gasteiger partial charge in [0.1, 0.15) is 0 Å². The standard InChI is InChI=1S/C21H29NO.ClH/c1-4-22(5-2)15(3)21(23)20-14-16-10-6-7-11-17(16)18-12-8-9-13-19(18)20;/h8-9,12-15,21,23H,4-7,10-11H2,1-3H3;1H. The van der Waals surface area contributed by atoms with Gasteiger partial charge >= 0.3 is 0 Å². The predicted octanol–water partition coefficient (Wildman–Crippen LogP) is 4.90. The zero-order chi connectivity index (χ0) is 16.4. The zero-order valence-corrected chi connectivity index (χ0v) is 15.9. The molecule has 0 amide bonds. The van der Waals surface area contributed by atoms with E-state index in [1.807, 2.05) is 0 Å². The lowest BCUT2D eigenvalue weighted by Gasteiger charge is -2.32. The monoisotopic (exact) mass is 347 g/mol. The Labute approximate surface area is 152 Å².